The topological polar surface area (TPSA) is 67.9 Å². The van der Waals surface area contributed by atoms with E-state index in [2.05, 4.69) is 5.32 Å². The molecule has 0 aromatic heterocycles. The van der Waals surface area contributed by atoms with E-state index in [0.29, 0.717) is 19.7 Å². The number of rotatable bonds is 5. The van der Waals surface area contributed by atoms with E-state index in [1.807, 2.05) is 26.0 Å². The van der Waals surface area contributed by atoms with Crippen molar-refractivity contribution in [2.24, 2.45) is 5.92 Å². The highest BCUT2D eigenvalue weighted by Gasteiger charge is 2.32. The van der Waals surface area contributed by atoms with Gasteiger partial charge in [-0.1, -0.05) is 0 Å². The van der Waals surface area contributed by atoms with Gasteiger partial charge in [-0.2, -0.15) is 0 Å². The van der Waals surface area contributed by atoms with Gasteiger partial charge < -0.3 is 19.7 Å². The van der Waals surface area contributed by atoms with Gasteiger partial charge in [0.2, 0.25) is 11.8 Å². The second kappa shape index (κ2) is 6.71. The van der Waals surface area contributed by atoms with Crippen molar-refractivity contribution < 1.29 is 19.1 Å². The van der Waals surface area contributed by atoms with Crippen LogP contribution in [0.2, 0.25) is 0 Å². The van der Waals surface area contributed by atoms with E-state index >= 15 is 0 Å². The Bertz CT molecular complexity index is 659. The van der Waals surface area contributed by atoms with Crippen LogP contribution >= 0.6 is 0 Å². The summed E-state index contributed by atoms with van der Waals surface area (Å²) in [7, 11) is 1.72. The maximum atomic E-state index is 12.3. The highest BCUT2D eigenvalue weighted by molar-refractivity contribution is 5.89. The Morgan fingerprint density at radius 2 is 2.21 bits per heavy atom. The third-order valence-electron chi connectivity index (χ3n) is 4.54. The van der Waals surface area contributed by atoms with Crippen molar-refractivity contribution in [2.75, 3.05) is 20.2 Å². The normalized spacial score (nSPS) is 22.3. The highest BCUT2D eigenvalue weighted by Crippen LogP contribution is 2.35. The average molecular weight is 332 g/mol. The molecule has 0 bridgehead atoms. The number of hydrogen-bond acceptors (Lipinski definition) is 4. The van der Waals surface area contributed by atoms with Crippen LogP contribution in [0.15, 0.2) is 12.1 Å². The minimum absolute atomic E-state index is 0.0186. The van der Waals surface area contributed by atoms with E-state index in [1.165, 1.54) is 0 Å². The zero-order chi connectivity index (χ0) is 17.3. The lowest BCUT2D eigenvalue weighted by Crippen LogP contribution is -2.31. The first-order valence-corrected chi connectivity index (χ1v) is 8.44. The van der Waals surface area contributed by atoms with Crippen LogP contribution in [-0.2, 0) is 22.6 Å². The molecule has 0 spiro atoms. The molecule has 0 saturated carbocycles. The van der Waals surface area contributed by atoms with E-state index in [4.69, 9.17) is 9.47 Å². The lowest BCUT2D eigenvalue weighted by molar-refractivity contribution is -0.128. The van der Waals surface area contributed by atoms with Crippen molar-refractivity contribution in [3.8, 4) is 11.5 Å². The van der Waals surface area contributed by atoms with Crippen LogP contribution in [0, 0.1) is 5.92 Å². The fourth-order valence-electron chi connectivity index (χ4n) is 3.28. The average Bonchev–Trinajstić information content (AvgIpc) is 3.06. The summed E-state index contributed by atoms with van der Waals surface area (Å²) < 4.78 is 11.5. The molecule has 6 nitrogen and oxygen atoms in total. The van der Waals surface area contributed by atoms with E-state index in [9.17, 15) is 9.59 Å². The van der Waals surface area contributed by atoms with Crippen molar-refractivity contribution in [1.29, 1.82) is 0 Å². The molecule has 1 aromatic carbocycles. The second-order valence-electron chi connectivity index (χ2n) is 6.53. The lowest BCUT2D eigenvalue weighted by Gasteiger charge is -2.15. The van der Waals surface area contributed by atoms with Crippen LogP contribution in [0.3, 0.4) is 0 Å². The van der Waals surface area contributed by atoms with Crippen LogP contribution in [0.1, 0.15) is 31.4 Å². The van der Waals surface area contributed by atoms with Gasteiger partial charge in [0.15, 0.2) is 0 Å². The van der Waals surface area contributed by atoms with Crippen LogP contribution < -0.4 is 14.8 Å². The first-order valence-electron chi connectivity index (χ1n) is 8.44. The minimum Gasteiger partial charge on any atom is -0.494 e. The van der Waals surface area contributed by atoms with Gasteiger partial charge in [0, 0.05) is 44.1 Å². The molecule has 2 amide bonds. The van der Waals surface area contributed by atoms with Gasteiger partial charge in [0.25, 0.3) is 0 Å². The summed E-state index contributed by atoms with van der Waals surface area (Å²) >= 11 is 0. The highest BCUT2D eigenvalue weighted by atomic mass is 16.5. The van der Waals surface area contributed by atoms with Crippen LogP contribution in [0.4, 0.5) is 0 Å². The smallest absolute Gasteiger partial charge is 0.225 e. The Hall–Kier alpha value is -2.24. The molecule has 2 heterocycles. The molecule has 1 aromatic rings. The lowest BCUT2D eigenvalue weighted by atomic mass is 10.1. The zero-order valence-corrected chi connectivity index (χ0v) is 14.4. The number of carbonyl (C=O) groups excluding carboxylic acids is 2. The van der Waals surface area contributed by atoms with Crippen molar-refractivity contribution in [3.63, 3.8) is 0 Å². The maximum Gasteiger partial charge on any atom is 0.225 e. The molecular weight excluding hydrogens is 308 g/mol. The fourth-order valence-corrected chi connectivity index (χ4v) is 3.28. The number of amides is 2. The fraction of sp³-hybridized carbons (Fsp3) is 0.556. The number of fused-ring (bicyclic) bond motifs is 1. The molecule has 1 fully saturated rings. The van der Waals surface area contributed by atoms with Crippen molar-refractivity contribution in [3.05, 3.63) is 23.3 Å². The van der Waals surface area contributed by atoms with Crippen molar-refractivity contribution >= 4 is 11.8 Å². The largest absolute Gasteiger partial charge is 0.494 e. The molecule has 1 N–H and O–H groups in total. The zero-order valence-electron chi connectivity index (χ0n) is 14.4. The van der Waals surface area contributed by atoms with Gasteiger partial charge in [-0.05, 0) is 26.0 Å². The monoisotopic (exact) mass is 332 g/mol. The molecule has 130 valence electrons. The molecule has 0 radical (unpaired) electrons. The SMILES string of the molecule is CCOc1cc2c(cc1CNC(=O)[C@@H]1CC(=O)N(C)C1)O[C@@H](C)C2. The number of likely N-dealkylation sites (tertiary alicyclic amines) is 1. The Morgan fingerprint density at radius 1 is 1.42 bits per heavy atom. The third-order valence-corrected chi connectivity index (χ3v) is 4.54. The van der Waals surface area contributed by atoms with Gasteiger partial charge in [-0.3, -0.25) is 9.59 Å². The van der Waals surface area contributed by atoms with Gasteiger partial charge in [0.05, 0.1) is 12.5 Å². The maximum absolute atomic E-state index is 12.3. The minimum atomic E-state index is -0.274. The van der Waals surface area contributed by atoms with Crippen molar-refractivity contribution in [1.82, 2.24) is 10.2 Å². The molecule has 6 heteroatoms. The molecular formula is C18H24N2O4. The summed E-state index contributed by atoms with van der Waals surface area (Å²) in [6, 6.07) is 3.97. The Balaban J connectivity index is 1.69. The summed E-state index contributed by atoms with van der Waals surface area (Å²) in [5, 5.41) is 2.93. The Labute approximate surface area is 142 Å². The van der Waals surface area contributed by atoms with E-state index in [-0.39, 0.29) is 30.3 Å². The Morgan fingerprint density at radius 3 is 2.88 bits per heavy atom. The quantitative estimate of drug-likeness (QED) is 0.887. The standard InChI is InChI=1S/C18H24N2O4/c1-4-23-15-6-12-5-11(2)24-16(12)7-13(15)9-19-18(22)14-8-17(21)20(3)10-14/h6-7,11,14H,4-5,8-10H2,1-3H3,(H,19,22)/t11-,14+/m0/s1. The summed E-state index contributed by atoms with van der Waals surface area (Å²) in [6.45, 7) is 5.39. The van der Waals surface area contributed by atoms with Gasteiger partial charge in [-0.25, -0.2) is 0 Å². The number of nitrogens with zero attached hydrogens (tertiary/aromatic N) is 1. The number of hydrogen-bond donors (Lipinski definition) is 1. The van der Waals surface area contributed by atoms with Crippen LogP contribution in [0.5, 0.6) is 11.5 Å². The summed E-state index contributed by atoms with van der Waals surface area (Å²) in [5.41, 5.74) is 2.04. The molecule has 2 aliphatic heterocycles. The van der Waals surface area contributed by atoms with Gasteiger partial charge in [0.1, 0.15) is 17.6 Å². The van der Waals surface area contributed by atoms with E-state index in [1.54, 1.807) is 11.9 Å². The number of carbonyl (C=O) groups is 2. The number of benzene rings is 1. The molecule has 0 unspecified atom stereocenters. The summed E-state index contributed by atoms with van der Waals surface area (Å²) in [4.78, 5) is 25.5. The predicted octanol–water partition coefficient (Wildman–Crippen LogP) is 1.50. The molecule has 1 saturated heterocycles. The van der Waals surface area contributed by atoms with Gasteiger partial charge >= 0.3 is 0 Å². The number of ether oxygens (including phenoxy) is 2. The first-order chi connectivity index (χ1) is 11.5. The van der Waals surface area contributed by atoms with Gasteiger partial charge in [-0.15, -0.1) is 0 Å². The number of nitrogens with one attached hydrogen (secondary N) is 1. The molecule has 24 heavy (non-hydrogen) atoms. The van der Waals surface area contributed by atoms with Crippen LogP contribution in [-0.4, -0.2) is 43.0 Å². The van der Waals surface area contributed by atoms with E-state index < -0.39 is 0 Å². The molecule has 3 rings (SSSR count). The molecule has 2 aliphatic rings. The predicted molar refractivity (Wildman–Crippen MR) is 89.0 cm³/mol. The molecule has 2 atom stereocenters. The summed E-state index contributed by atoms with van der Waals surface area (Å²) in [6.07, 6.45) is 1.32. The van der Waals surface area contributed by atoms with Crippen molar-refractivity contribution in [2.45, 2.75) is 39.3 Å². The molecule has 0 aliphatic carbocycles. The third kappa shape index (κ3) is 3.32. The van der Waals surface area contributed by atoms with Crippen LogP contribution in [0.25, 0.3) is 0 Å². The van der Waals surface area contributed by atoms with E-state index in [0.717, 1.165) is 29.0 Å². The second-order valence-corrected chi connectivity index (χ2v) is 6.53. The first kappa shape index (κ1) is 16.6. The Kier molecular flexibility index (Phi) is 4.64. The summed E-state index contributed by atoms with van der Waals surface area (Å²) in [5.74, 6) is 1.30.